The quantitative estimate of drug-likeness (QED) is 0.141. The predicted molar refractivity (Wildman–Crippen MR) is 199 cm³/mol. The first-order valence-electron chi connectivity index (χ1n) is 16.0. The summed E-state index contributed by atoms with van der Waals surface area (Å²) >= 11 is 0. The number of benzene rings is 7. The van der Waals surface area contributed by atoms with Crippen LogP contribution in [0.1, 0.15) is 11.1 Å². The summed E-state index contributed by atoms with van der Waals surface area (Å²) in [5.74, 6) is 0. The van der Waals surface area contributed by atoms with Crippen molar-refractivity contribution >= 4 is 50.6 Å². The lowest BCUT2D eigenvalue weighted by Gasteiger charge is -2.35. The lowest BCUT2D eigenvalue weighted by Crippen LogP contribution is -2.75. The summed E-state index contributed by atoms with van der Waals surface area (Å²) in [4.78, 5) is 0. The number of aromatic nitrogens is 1. The van der Waals surface area contributed by atoms with Crippen LogP contribution in [0.2, 0.25) is 0 Å². The van der Waals surface area contributed by atoms with Crippen LogP contribution in [-0.2, 0) is 0 Å². The SMILES string of the molecule is N#Cc1ccc(-c2cccc([Si](c3ccccc3)(c3ccccc3)c3ccccc3)c2C#N)cc1-n1c2ccccc2c2ccccc21. The van der Waals surface area contributed by atoms with Crippen LogP contribution in [0.4, 0.5) is 0 Å². The van der Waals surface area contributed by atoms with E-state index in [4.69, 9.17) is 0 Å². The van der Waals surface area contributed by atoms with Gasteiger partial charge in [-0.1, -0.05) is 152 Å². The molecule has 0 aliphatic heterocycles. The predicted octanol–water partition coefficient (Wildman–Crippen LogP) is 7.57. The average Bonchev–Trinajstić information content (AvgIpc) is 3.50. The first kappa shape index (κ1) is 29.0. The number of hydrogen-bond acceptors (Lipinski definition) is 2. The minimum Gasteiger partial charge on any atom is -0.308 e. The summed E-state index contributed by atoms with van der Waals surface area (Å²) in [6.07, 6.45) is 0. The van der Waals surface area contributed by atoms with E-state index in [0.29, 0.717) is 11.1 Å². The number of fused-ring (bicyclic) bond motifs is 3. The number of hydrogen-bond donors (Lipinski definition) is 0. The van der Waals surface area contributed by atoms with Gasteiger partial charge in [0.1, 0.15) is 6.07 Å². The maximum atomic E-state index is 11.1. The lowest BCUT2D eigenvalue weighted by atomic mass is 9.98. The van der Waals surface area contributed by atoms with Gasteiger partial charge in [-0.15, -0.1) is 0 Å². The van der Waals surface area contributed by atoms with Crippen molar-refractivity contribution in [3.63, 3.8) is 0 Å². The molecule has 224 valence electrons. The van der Waals surface area contributed by atoms with Gasteiger partial charge in [-0.05, 0) is 56.1 Å². The van der Waals surface area contributed by atoms with Crippen molar-refractivity contribution in [3.05, 3.63) is 187 Å². The van der Waals surface area contributed by atoms with Crippen molar-refractivity contribution in [3.8, 4) is 29.0 Å². The number of nitriles is 2. The van der Waals surface area contributed by atoms with Crippen LogP contribution in [0, 0.1) is 22.7 Å². The van der Waals surface area contributed by atoms with Gasteiger partial charge in [0.15, 0.2) is 8.07 Å². The smallest absolute Gasteiger partial charge is 0.180 e. The fraction of sp³-hybridized carbons (Fsp3) is 0. The highest BCUT2D eigenvalue weighted by Crippen LogP contribution is 2.35. The van der Waals surface area contributed by atoms with E-state index >= 15 is 0 Å². The van der Waals surface area contributed by atoms with Crippen LogP contribution in [0.5, 0.6) is 0 Å². The highest BCUT2D eigenvalue weighted by atomic mass is 28.3. The Morgan fingerprint density at radius 2 is 0.958 bits per heavy atom. The molecule has 0 aliphatic rings. The third-order valence-electron chi connectivity index (χ3n) is 9.45. The van der Waals surface area contributed by atoms with Crippen molar-refractivity contribution < 1.29 is 0 Å². The van der Waals surface area contributed by atoms with E-state index in [-0.39, 0.29) is 0 Å². The summed E-state index contributed by atoms with van der Waals surface area (Å²) in [6.45, 7) is 0. The van der Waals surface area contributed by atoms with Gasteiger partial charge in [-0.2, -0.15) is 10.5 Å². The average molecular weight is 628 g/mol. The normalized spacial score (nSPS) is 11.3. The largest absolute Gasteiger partial charge is 0.308 e. The molecular weight excluding hydrogens is 599 g/mol. The van der Waals surface area contributed by atoms with Crippen LogP contribution < -0.4 is 20.7 Å². The molecule has 0 bridgehead atoms. The zero-order valence-electron chi connectivity index (χ0n) is 26.1. The Kier molecular flexibility index (Phi) is 7.27. The molecule has 0 saturated heterocycles. The molecule has 8 aromatic rings. The Morgan fingerprint density at radius 1 is 0.458 bits per heavy atom. The molecule has 0 atom stereocenters. The molecule has 0 unspecified atom stereocenters. The van der Waals surface area contributed by atoms with Crippen molar-refractivity contribution in [2.75, 3.05) is 0 Å². The van der Waals surface area contributed by atoms with Crippen LogP contribution in [0.25, 0.3) is 38.6 Å². The minimum atomic E-state index is -2.97. The molecule has 0 N–H and O–H groups in total. The van der Waals surface area contributed by atoms with Gasteiger partial charge >= 0.3 is 0 Å². The van der Waals surface area contributed by atoms with E-state index in [1.165, 1.54) is 15.6 Å². The van der Waals surface area contributed by atoms with E-state index in [9.17, 15) is 10.5 Å². The first-order chi connectivity index (χ1) is 23.8. The summed E-state index contributed by atoms with van der Waals surface area (Å²) in [6, 6.07) is 65.9. The number of rotatable bonds is 6. The van der Waals surface area contributed by atoms with Crippen LogP contribution in [0.3, 0.4) is 0 Å². The second kappa shape index (κ2) is 12.0. The van der Waals surface area contributed by atoms with E-state index in [0.717, 1.165) is 43.8 Å². The van der Waals surface area contributed by atoms with E-state index in [1.807, 2.05) is 60.7 Å². The molecule has 4 heteroatoms. The summed E-state index contributed by atoms with van der Waals surface area (Å²) < 4.78 is 2.18. The Balaban J connectivity index is 1.43. The summed E-state index contributed by atoms with van der Waals surface area (Å²) in [7, 11) is -2.97. The number of para-hydroxylation sites is 2. The fourth-order valence-electron chi connectivity index (χ4n) is 7.42. The standard InChI is InChI=1S/C44H29N3Si/c45-30-33-28-27-32(29-43(33)47-41-24-12-10-21-38(41)39-22-11-13-25-42(39)47)37-23-14-26-44(40(37)31-46)48(34-15-4-1-5-16-34,35-17-6-2-7-18-35)36-19-8-3-9-20-36/h1-29H. The second-order valence-electron chi connectivity index (χ2n) is 11.9. The Labute approximate surface area is 280 Å². The van der Waals surface area contributed by atoms with Crippen molar-refractivity contribution in [2.24, 2.45) is 0 Å². The van der Waals surface area contributed by atoms with Crippen LogP contribution in [-0.4, -0.2) is 12.6 Å². The third kappa shape index (κ3) is 4.48. The van der Waals surface area contributed by atoms with E-state index in [1.54, 1.807) is 0 Å². The lowest BCUT2D eigenvalue weighted by molar-refractivity contribution is 1.17. The molecule has 8 rings (SSSR count). The van der Waals surface area contributed by atoms with E-state index < -0.39 is 8.07 Å². The first-order valence-corrected chi connectivity index (χ1v) is 18.0. The highest BCUT2D eigenvalue weighted by Gasteiger charge is 2.43. The number of nitrogens with zero attached hydrogens (tertiary/aromatic N) is 3. The van der Waals surface area contributed by atoms with Gasteiger partial charge in [0, 0.05) is 10.8 Å². The fourth-order valence-corrected chi connectivity index (χ4v) is 12.3. The molecule has 1 heterocycles. The summed E-state index contributed by atoms with van der Waals surface area (Å²) in [5.41, 5.74) is 5.82. The van der Waals surface area contributed by atoms with Crippen LogP contribution in [0.15, 0.2) is 176 Å². The molecule has 3 nitrogen and oxygen atoms in total. The molecule has 0 spiro atoms. The van der Waals surface area contributed by atoms with Crippen molar-refractivity contribution in [2.45, 2.75) is 0 Å². The van der Waals surface area contributed by atoms with E-state index in [2.05, 4.69) is 132 Å². The maximum absolute atomic E-state index is 11.1. The monoisotopic (exact) mass is 627 g/mol. The summed E-state index contributed by atoms with van der Waals surface area (Å²) in [5, 5.41) is 28.4. The molecule has 0 saturated carbocycles. The molecule has 1 aromatic heterocycles. The second-order valence-corrected chi connectivity index (χ2v) is 15.7. The Morgan fingerprint density at radius 3 is 1.46 bits per heavy atom. The van der Waals surface area contributed by atoms with Gasteiger partial charge in [-0.3, -0.25) is 0 Å². The Hall–Kier alpha value is -6.46. The van der Waals surface area contributed by atoms with Gasteiger partial charge in [0.05, 0.1) is 33.9 Å². The van der Waals surface area contributed by atoms with Crippen molar-refractivity contribution in [1.82, 2.24) is 4.57 Å². The molecule has 0 aliphatic carbocycles. The van der Waals surface area contributed by atoms with Gasteiger partial charge in [-0.25, -0.2) is 0 Å². The topological polar surface area (TPSA) is 52.5 Å². The zero-order valence-corrected chi connectivity index (χ0v) is 27.1. The molecule has 7 aromatic carbocycles. The Bertz CT molecular complexity index is 2370. The molecular formula is C44H29N3Si. The van der Waals surface area contributed by atoms with Gasteiger partial charge in [0.25, 0.3) is 0 Å². The van der Waals surface area contributed by atoms with Crippen LogP contribution >= 0.6 is 0 Å². The molecule has 0 amide bonds. The highest BCUT2D eigenvalue weighted by molar-refractivity contribution is 7.20. The maximum Gasteiger partial charge on any atom is 0.180 e. The third-order valence-corrected chi connectivity index (χ3v) is 14.3. The molecule has 0 radical (unpaired) electrons. The van der Waals surface area contributed by atoms with Gasteiger partial charge < -0.3 is 4.57 Å². The van der Waals surface area contributed by atoms with Crippen molar-refractivity contribution in [1.29, 1.82) is 10.5 Å². The minimum absolute atomic E-state index is 0.571. The molecule has 0 fully saturated rings. The zero-order chi connectivity index (χ0) is 32.5. The molecule has 48 heavy (non-hydrogen) atoms. The van der Waals surface area contributed by atoms with Gasteiger partial charge in [0.2, 0.25) is 0 Å².